The van der Waals surface area contributed by atoms with Crippen molar-refractivity contribution >= 4 is 23.5 Å². The number of aliphatic carboxylic acids is 1. The van der Waals surface area contributed by atoms with Crippen LogP contribution in [0.2, 0.25) is 0 Å². The molecule has 0 bridgehead atoms. The van der Waals surface area contributed by atoms with Gasteiger partial charge in [-0.25, -0.2) is 5.43 Å². The van der Waals surface area contributed by atoms with Gasteiger partial charge in [0.2, 0.25) is 5.91 Å². The third-order valence-electron chi connectivity index (χ3n) is 4.94. The summed E-state index contributed by atoms with van der Waals surface area (Å²) in [6.45, 7) is 2.90. The largest absolute Gasteiger partial charge is 0.481 e. The number of carboxylic acids is 1. The van der Waals surface area contributed by atoms with Crippen LogP contribution in [0.15, 0.2) is 24.3 Å². The van der Waals surface area contributed by atoms with Gasteiger partial charge < -0.3 is 15.3 Å². The van der Waals surface area contributed by atoms with E-state index in [0.29, 0.717) is 43.6 Å². The van der Waals surface area contributed by atoms with E-state index in [9.17, 15) is 14.4 Å². The zero-order valence-electron chi connectivity index (χ0n) is 14.7. The summed E-state index contributed by atoms with van der Waals surface area (Å²) in [5.74, 6) is -1.38. The number of hydrazine groups is 1. The van der Waals surface area contributed by atoms with E-state index < -0.39 is 5.97 Å². The van der Waals surface area contributed by atoms with Crippen LogP contribution in [-0.2, 0) is 9.59 Å². The third-order valence-corrected chi connectivity index (χ3v) is 4.94. The van der Waals surface area contributed by atoms with Crippen LogP contribution in [0, 0.1) is 5.92 Å². The first-order chi connectivity index (χ1) is 12.4. The summed E-state index contributed by atoms with van der Waals surface area (Å²) < 4.78 is 0. The van der Waals surface area contributed by atoms with Crippen LogP contribution in [0.4, 0.5) is 5.69 Å². The quantitative estimate of drug-likeness (QED) is 0.633. The Morgan fingerprint density at radius 1 is 1.12 bits per heavy atom. The molecule has 2 heterocycles. The molecule has 2 atom stereocenters. The molecule has 0 spiro atoms. The zero-order valence-corrected chi connectivity index (χ0v) is 14.7. The van der Waals surface area contributed by atoms with Gasteiger partial charge in [0.25, 0.3) is 5.91 Å². The van der Waals surface area contributed by atoms with Crippen molar-refractivity contribution in [2.24, 2.45) is 5.92 Å². The predicted octanol–water partition coefficient (Wildman–Crippen LogP) is 0.817. The van der Waals surface area contributed by atoms with Crippen LogP contribution in [0.3, 0.4) is 0 Å². The molecule has 1 aromatic rings. The summed E-state index contributed by atoms with van der Waals surface area (Å²) >= 11 is 0. The van der Waals surface area contributed by atoms with Crippen molar-refractivity contribution in [3.63, 3.8) is 0 Å². The fourth-order valence-electron chi connectivity index (χ4n) is 3.32. The SMILES string of the molecule is CC1CC(C(=O)Nc2ccc(C(=O)N3CCC(C(=O)O)CC3)cc2)NN1. The van der Waals surface area contributed by atoms with Crippen molar-refractivity contribution < 1.29 is 19.5 Å². The van der Waals surface area contributed by atoms with E-state index in [1.165, 1.54) is 0 Å². The minimum Gasteiger partial charge on any atom is -0.481 e. The Morgan fingerprint density at radius 3 is 2.31 bits per heavy atom. The highest BCUT2D eigenvalue weighted by molar-refractivity contribution is 5.97. The lowest BCUT2D eigenvalue weighted by atomic mass is 9.96. The number of carbonyl (C=O) groups is 3. The van der Waals surface area contributed by atoms with E-state index in [-0.39, 0.29) is 29.8 Å². The van der Waals surface area contributed by atoms with Crippen LogP contribution >= 0.6 is 0 Å². The molecular formula is C18H24N4O4. The number of nitrogens with zero attached hydrogens (tertiary/aromatic N) is 1. The van der Waals surface area contributed by atoms with E-state index in [2.05, 4.69) is 16.2 Å². The number of benzene rings is 1. The van der Waals surface area contributed by atoms with Crippen molar-refractivity contribution in [1.29, 1.82) is 0 Å². The molecule has 0 aromatic heterocycles. The van der Waals surface area contributed by atoms with Crippen molar-refractivity contribution in [1.82, 2.24) is 15.8 Å². The Bertz CT molecular complexity index is 683. The fraction of sp³-hybridized carbons (Fsp3) is 0.500. The smallest absolute Gasteiger partial charge is 0.306 e. The second-order valence-corrected chi connectivity index (χ2v) is 6.95. The summed E-state index contributed by atoms with van der Waals surface area (Å²) in [7, 11) is 0. The van der Waals surface area contributed by atoms with Gasteiger partial charge in [0.05, 0.1) is 5.92 Å². The number of nitrogens with one attached hydrogen (secondary N) is 3. The van der Waals surface area contributed by atoms with Crippen LogP contribution in [-0.4, -0.2) is 53.0 Å². The second kappa shape index (κ2) is 7.84. The highest BCUT2D eigenvalue weighted by Crippen LogP contribution is 2.20. The monoisotopic (exact) mass is 360 g/mol. The van der Waals surface area contributed by atoms with Gasteiger partial charge in [-0.15, -0.1) is 0 Å². The van der Waals surface area contributed by atoms with Crippen LogP contribution < -0.4 is 16.2 Å². The third kappa shape index (κ3) is 4.20. The highest BCUT2D eigenvalue weighted by Gasteiger charge is 2.28. The summed E-state index contributed by atoms with van der Waals surface area (Å²) in [6.07, 6.45) is 1.68. The molecule has 0 radical (unpaired) electrons. The van der Waals surface area contributed by atoms with Gasteiger partial charge >= 0.3 is 5.97 Å². The molecule has 140 valence electrons. The van der Waals surface area contributed by atoms with Gasteiger partial charge in [0.1, 0.15) is 6.04 Å². The normalized spacial score (nSPS) is 23.7. The molecule has 2 amide bonds. The number of hydrogen-bond donors (Lipinski definition) is 4. The number of amides is 2. The van der Waals surface area contributed by atoms with Crippen molar-refractivity contribution in [3.05, 3.63) is 29.8 Å². The molecule has 2 fully saturated rings. The molecule has 2 aliphatic rings. The lowest BCUT2D eigenvalue weighted by molar-refractivity contribution is -0.143. The summed E-state index contributed by atoms with van der Waals surface area (Å²) in [6, 6.07) is 6.76. The molecule has 2 unspecified atom stereocenters. The minimum atomic E-state index is -0.793. The van der Waals surface area contributed by atoms with Gasteiger partial charge in [-0.05, 0) is 50.5 Å². The standard InChI is InChI=1S/C18H24N4O4/c1-11-10-15(21-20-11)16(23)19-14-4-2-12(3-5-14)17(24)22-8-6-13(7-9-22)18(25)26/h2-5,11,13,15,20-21H,6-10H2,1H3,(H,19,23)(H,25,26). The Kier molecular flexibility index (Phi) is 5.53. The Hall–Kier alpha value is -2.45. The van der Waals surface area contributed by atoms with Gasteiger partial charge in [-0.1, -0.05) is 0 Å². The van der Waals surface area contributed by atoms with E-state index in [1.54, 1.807) is 29.2 Å². The average Bonchev–Trinajstić information content (AvgIpc) is 3.08. The predicted molar refractivity (Wildman–Crippen MR) is 95.5 cm³/mol. The maximum absolute atomic E-state index is 12.5. The molecule has 8 heteroatoms. The van der Waals surface area contributed by atoms with Crippen molar-refractivity contribution in [2.75, 3.05) is 18.4 Å². The molecule has 0 saturated carbocycles. The summed E-state index contributed by atoms with van der Waals surface area (Å²) in [4.78, 5) is 37.4. The maximum atomic E-state index is 12.5. The first-order valence-corrected chi connectivity index (χ1v) is 8.88. The number of likely N-dealkylation sites (tertiary alicyclic amines) is 1. The zero-order chi connectivity index (χ0) is 18.7. The first-order valence-electron chi connectivity index (χ1n) is 8.88. The highest BCUT2D eigenvalue weighted by atomic mass is 16.4. The number of carboxylic acid groups (broad SMARTS) is 1. The van der Waals surface area contributed by atoms with Gasteiger partial charge in [-0.2, -0.15) is 0 Å². The van der Waals surface area contributed by atoms with Gasteiger partial charge in [0, 0.05) is 30.4 Å². The van der Waals surface area contributed by atoms with Crippen LogP contribution in [0.1, 0.15) is 36.5 Å². The van der Waals surface area contributed by atoms with Gasteiger partial charge in [0.15, 0.2) is 0 Å². The Balaban J connectivity index is 1.55. The molecule has 26 heavy (non-hydrogen) atoms. The average molecular weight is 360 g/mol. The number of carbonyl (C=O) groups excluding carboxylic acids is 2. The van der Waals surface area contributed by atoms with E-state index in [4.69, 9.17) is 5.11 Å². The topological polar surface area (TPSA) is 111 Å². The Morgan fingerprint density at radius 2 is 1.77 bits per heavy atom. The van der Waals surface area contributed by atoms with Gasteiger partial charge in [-0.3, -0.25) is 19.8 Å². The van der Waals surface area contributed by atoms with Crippen molar-refractivity contribution in [2.45, 2.75) is 38.3 Å². The van der Waals surface area contributed by atoms with E-state index >= 15 is 0 Å². The van der Waals surface area contributed by atoms with Crippen molar-refractivity contribution in [3.8, 4) is 0 Å². The molecule has 4 N–H and O–H groups in total. The Labute approximate surface area is 151 Å². The maximum Gasteiger partial charge on any atom is 0.306 e. The molecule has 8 nitrogen and oxygen atoms in total. The second-order valence-electron chi connectivity index (χ2n) is 6.95. The summed E-state index contributed by atoms with van der Waals surface area (Å²) in [5.41, 5.74) is 7.12. The molecule has 1 aromatic carbocycles. The lowest BCUT2D eigenvalue weighted by Crippen LogP contribution is -2.40. The lowest BCUT2D eigenvalue weighted by Gasteiger charge is -2.30. The molecule has 2 saturated heterocycles. The summed E-state index contributed by atoms with van der Waals surface area (Å²) in [5, 5.41) is 11.9. The number of rotatable bonds is 4. The molecule has 2 aliphatic heterocycles. The van der Waals surface area contributed by atoms with Crippen LogP contribution in [0.5, 0.6) is 0 Å². The number of piperidine rings is 1. The number of anilines is 1. The molecule has 0 aliphatic carbocycles. The minimum absolute atomic E-state index is 0.109. The van der Waals surface area contributed by atoms with Crippen LogP contribution in [0.25, 0.3) is 0 Å². The number of hydrogen-bond acceptors (Lipinski definition) is 5. The molecule has 3 rings (SSSR count). The van der Waals surface area contributed by atoms with E-state index in [0.717, 1.165) is 0 Å². The van der Waals surface area contributed by atoms with E-state index in [1.807, 2.05) is 6.92 Å². The molecular weight excluding hydrogens is 336 g/mol. The fourth-order valence-corrected chi connectivity index (χ4v) is 3.32. The first kappa shape index (κ1) is 18.3.